The van der Waals surface area contributed by atoms with E-state index < -0.39 is 0 Å². The molecule has 0 N–H and O–H groups in total. The third-order valence-electron chi connectivity index (χ3n) is 6.31. The standard InChI is InChI=1S/C28H36N4O/c1-30(2)26-11-7-9-23(17-26)20-32(21-24-10-8-12-28(18-24)33-3)27-13-14-29-25(19-27)22-31-15-5-4-6-16-31/h7-14,17-19H,4-6,15-16,20-22H2,1-3H3. The Morgan fingerprint density at radius 3 is 2.30 bits per heavy atom. The lowest BCUT2D eigenvalue weighted by Gasteiger charge is -2.28. The van der Waals surface area contributed by atoms with Crippen LogP contribution in [0.2, 0.25) is 0 Å². The number of anilines is 2. The van der Waals surface area contributed by atoms with E-state index >= 15 is 0 Å². The molecule has 0 bridgehead atoms. The summed E-state index contributed by atoms with van der Waals surface area (Å²) in [7, 11) is 5.89. The van der Waals surface area contributed by atoms with Crippen molar-refractivity contribution in [3.63, 3.8) is 0 Å². The quantitative estimate of drug-likeness (QED) is 0.444. The predicted octanol–water partition coefficient (Wildman–Crippen LogP) is 5.35. The second-order valence-electron chi connectivity index (χ2n) is 9.11. The monoisotopic (exact) mass is 444 g/mol. The number of benzene rings is 2. The van der Waals surface area contributed by atoms with Crippen LogP contribution in [0.25, 0.3) is 0 Å². The van der Waals surface area contributed by atoms with E-state index in [4.69, 9.17) is 9.72 Å². The zero-order valence-corrected chi connectivity index (χ0v) is 20.2. The van der Waals surface area contributed by atoms with Crippen molar-refractivity contribution in [2.24, 2.45) is 0 Å². The Morgan fingerprint density at radius 2 is 1.58 bits per heavy atom. The topological polar surface area (TPSA) is 31.8 Å². The number of hydrogen-bond acceptors (Lipinski definition) is 5. The van der Waals surface area contributed by atoms with E-state index in [2.05, 4.69) is 83.4 Å². The van der Waals surface area contributed by atoms with E-state index in [0.29, 0.717) is 0 Å². The third kappa shape index (κ3) is 6.48. The molecule has 0 spiro atoms. The van der Waals surface area contributed by atoms with Gasteiger partial charge in [-0.1, -0.05) is 30.7 Å². The first-order valence-corrected chi connectivity index (χ1v) is 11.9. The molecule has 0 aliphatic carbocycles. The van der Waals surface area contributed by atoms with Gasteiger partial charge in [0, 0.05) is 51.3 Å². The SMILES string of the molecule is COc1cccc(CN(Cc2cccc(N(C)C)c2)c2ccnc(CN3CCCCC3)c2)c1. The van der Waals surface area contributed by atoms with Crippen molar-refractivity contribution >= 4 is 11.4 Å². The Balaban J connectivity index is 1.60. The molecule has 2 heterocycles. The molecule has 5 nitrogen and oxygen atoms in total. The maximum absolute atomic E-state index is 5.47. The fourth-order valence-corrected chi connectivity index (χ4v) is 4.48. The van der Waals surface area contributed by atoms with Gasteiger partial charge >= 0.3 is 0 Å². The molecule has 5 heteroatoms. The number of methoxy groups -OCH3 is 1. The lowest BCUT2D eigenvalue weighted by atomic mass is 10.1. The van der Waals surface area contributed by atoms with Crippen LogP contribution in [0, 0.1) is 0 Å². The van der Waals surface area contributed by atoms with E-state index in [9.17, 15) is 0 Å². The number of hydrogen-bond donors (Lipinski definition) is 0. The highest BCUT2D eigenvalue weighted by molar-refractivity contribution is 5.51. The first-order valence-electron chi connectivity index (χ1n) is 11.9. The Morgan fingerprint density at radius 1 is 0.848 bits per heavy atom. The van der Waals surface area contributed by atoms with E-state index in [1.165, 1.54) is 54.9 Å². The average Bonchev–Trinajstić information content (AvgIpc) is 2.85. The Hall–Kier alpha value is -3.05. The van der Waals surface area contributed by atoms with Crippen LogP contribution in [0.1, 0.15) is 36.1 Å². The minimum Gasteiger partial charge on any atom is -0.497 e. The fraction of sp³-hybridized carbons (Fsp3) is 0.393. The van der Waals surface area contributed by atoms with Gasteiger partial charge in [-0.05, 0) is 73.5 Å². The van der Waals surface area contributed by atoms with E-state index in [1.54, 1.807) is 7.11 Å². The minimum atomic E-state index is 0.802. The Kier molecular flexibility index (Phi) is 7.84. The normalized spacial score (nSPS) is 14.2. The van der Waals surface area contributed by atoms with Gasteiger partial charge in [0.15, 0.2) is 0 Å². The molecule has 4 rings (SSSR count). The summed E-state index contributed by atoms with van der Waals surface area (Å²) in [5.74, 6) is 0.891. The van der Waals surface area contributed by atoms with Crippen molar-refractivity contribution in [1.29, 1.82) is 0 Å². The van der Waals surface area contributed by atoms with Gasteiger partial charge in [0.05, 0.1) is 12.8 Å². The molecule has 0 atom stereocenters. The summed E-state index contributed by atoms with van der Waals surface area (Å²) < 4.78 is 5.47. The summed E-state index contributed by atoms with van der Waals surface area (Å²) in [4.78, 5) is 11.8. The van der Waals surface area contributed by atoms with Crippen LogP contribution < -0.4 is 14.5 Å². The minimum absolute atomic E-state index is 0.802. The largest absolute Gasteiger partial charge is 0.497 e. The first kappa shape index (κ1) is 23.1. The van der Waals surface area contributed by atoms with Gasteiger partial charge in [-0.2, -0.15) is 0 Å². The second-order valence-corrected chi connectivity index (χ2v) is 9.11. The van der Waals surface area contributed by atoms with E-state index in [-0.39, 0.29) is 0 Å². The highest BCUT2D eigenvalue weighted by Gasteiger charge is 2.14. The van der Waals surface area contributed by atoms with E-state index in [0.717, 1.165) is 31.1 Å². The third-order valence-corrected chi connectivity index (χ3v) is 6.31. The lowest BCUT2D eigenvalue weighted by molar-refractivity contribution is 0.218. The Bertz CT molecular complexity index is 1030. The maximum atomic E-state index is 5.47. The smallest absolute Gasteiger partial charge is 0.119 e. The second kappa shape index (κ2) is 11.2. The molecule has 1 fully saturated rings. The van der Waals surface area contributed by atoms with Crippen LogP contribution in [0.4, 0.5) is 11.4 Å². The van der Waals surface area contributed by atoms with Crippen LogP contribution >= 0.6 is 0 Å². The van der Waals surface area contributed by atoms with Gasteiger partial charge in [-0.15, -0.1) is 0 Å². The molecule has 0 saturated carbocycles. The molecule has 2 aromatic carbocycles. The van der Waals surface area contributed by atoms with Crippen molar-refractivity contribution in [3.05, 3.63) is 83.7 Å². The van der Waals surface area contributed by atoms with Gasteiger partial charge < -0.3 is 14.5 Å². The van der Waals surface area contributed by atoms with Crippen molar-refractivity contribution in [2.75, 3.05) is 44.1 Å². The summed E-state index contributed by atoms with van der Waals surface area (Å²) in [5, 5.41) is 0. The average molecular weight is 445 g/mol. The summed E-state index contributed by atoms with van der Waals surface area (Å²) >= 11 is 0. The van der Waals surface area contributed by atoms with Gasteiger partial charge in [0.2, 0.25) is 0 Å². The van der Waals surface area contributed by atoms with Crippen molar-refractivity contribution in [1.82, 2.24) is 9.88 Å². The molecular formula is C28H36N4O. The maximum Gasteiger partial charge on any atom is 0.119 e. The van der Waals surface area contributed by atoms with Crippen molar-refractivity contribution < 1.29 is 4.74 Å². The number of nitrogens with zero attached hydrogens (tertiary/aromatic N) is 4. The van der Waals surface area contributed by atoms with Gasteiger partial charge in [-0.3, -0.25) is 9.88 Å². The zero-order chi connectivity index (χ0) is 23.0. The van der Waals surface area contributed by atoms with Crippen LogP contribution in [0.3, 0.4) is 0 Å². The summed E-state index contributed by atoms with van der Waals surface area (Å²) in [6.07, 6.45) is 5.90. The molecule has 1 aliphatic heterocycles. The molecule has 174 valence electrons. The fourth-order valence-electron chi connectivity index (χ4n) is 4.48. The van der Waals surface area contributed by atoms with Crippen LogP contribution in [0.5, 0.6) is 5.75 Å². The molecular weight excluding hydrogens is 408 g/mol. The first-order chi connectivity index (χ1) is 16.1. The lowest BCUT2D eigenvalue weighted by Crippen LogP contribution is -2.29. The van der Waals surface area contributed by atoms with Crippen molar-refractivity contribution in [2.45, 2.75) is 38.9 Å². The van der Waals surface area contributed by atoms with Gasteiger partial charge in [-0.25, -0.2) is 0 Å². The molecule has 1 saturated heterocycles. The number of rotatable bonds is 9. The molecule has 3 aromatic rings. The predicted molar refractivity (Wildman–Crippen MR) is 137 cm³/mol. The van der Waals surface area contributed by atoms with Crippen LogP contribution in [0.15, 0.2) is 66.9 Å². The molecule has 1 aromatic heterocycles. The van der Waals surface area contributed by atoms with E-state index in [1.807, 2.05) is 12.3 Å². The molecule has 1 aliphatic rings. The van der Waals surface area contributed by atoms with Gasteiger partial charge in [0.25, 0.3) is 0 Å². The number of piperidine rings is 1. The Labute approximate surface area is 198 Å². The molecule has 0 radical (unpaired) electrons. The number of ether oxygens (including phenoxy) is 1. The summed E-state index contributed by atoms with van der Waals surface area (Å²) in [5.41, 5.74) is 6.09. The molecule has 0 unspecified atom stereocenters. The number of likely N-dealkylation sites (tertiary alicyclic amines) is 1. The summed E-state index contributed by atoms with van der Waals surface area (Å²) in [6.45, 7) is 4.91. The number of aromatic nitrogens is 1. The highest BCUT2D eigenvalue weighted by Crippen LogP contribution is 2.25. The molecule has 33 heavy (non-hydrogen) atoms. The molecule has 0 amide bonds. The van der Waals surface area contributed by atoms with Crippen LogP contribution in [-0.4, -0.2) is 44.2 Å². The highest BCUT2D eigenvalue weighted by atomic mass is 16.5. The van der Waals surface area contributed by atoms with Crippen LogP contribution in [-0.2, 0) is 19.6 Å². The zero-order valence-electron chi connectivity index (χ0n) is 20.2. The van der Waals surface area contributed by atoms with Crippen molar-refractivity contribution in [3.8, 4) is 5.75 Å². The summed E-state index contributed by atoms with van der Waals surface area (Å²) in [6, 6.07) is 21.5. The number of pyridine rings is 1. The van der Waals surface area contributed by atoms with Gasteiger partial charge in [0.1, 0.15) is 5.75 Å².